The van der Waals surface area contributed by atoms with Crippen molar-refractivity contribution in [1.82, 2.24) is 0 Å². The molecule has 15 heavy (non-hydrogen) atoms. The average Bonchev–Trinajstić information content (AvgIpc) is 2.16. The molecule has 2 heteroatoms. The van der Waals surface area contributed by atoms with E-state index in [9.17, 15) is 4.79 Å². The summed E-state index contributed by atoms with van der Waals surface area (Å²) in [5.74, 6) is 1.10. The highest BCUT2D eigenvalue weighted by atomic mass is 16.1. The molecule has 2 rings (SSSR count). The van der Waals surface area contributed by atoms with Gasteiger partial charge in [0.25, 0.3) is 0 Å². The summed E-state index contributed by atoms with van der Waals surface area (Å²) in [6, 6.07) is 0. The van der Waals surface area contributed by atoms with Crippen molar-refractivity contribution in [3.05, 3.63) is 0 Å². The second-order valence-electron chi connectivity index (χ2n) is 5.64. The maximum atomic E-state index is 11.8. The minimum absolute atomic E-state index is 0.105. The molecule has 0 spiro atoms. The molecule has 0 aliphatic heterocycles. The van der Waals surface area contributed by atoms with Gasteiger partial charge < -0.3 is 5.73 Å². The first-order valence-corrected chi connectivity index (χ1v) is 6.49. The molecule has 0 aromatic rings. The van der Waals surface area contributed by atoms with Gasteiger partial charge in [0.2, 0.25) is 0 Å². The van der Waals surface area contributed by atoms with E-state index in [4.69, 9.17) is 5.73 Å². The van der Waals surface area contributed by atoms with Crippen LogP contribution in [-0.2, 0) is 4.79 Å². The van der Waals surface area contributed by atoms with Crippen molar-refractivity contribution in [3.8, 4) is 0 Å². The molecule has 2 fully saturated rings. The highest BCUT2D eigenvalue weighted by Crippen LogP contribution is 2.34. The number of hydrogen-bond donors (Lipinski definition) is 1. The lowest BCUT2D eigenvalue weighted by Gasteiger charge is -2.38. The first-order valence-electron chi connectivity index (χ1n) is 6.49. The van der Waals surface area contributed by atoms with Gasteiger partial charge in [-0.05, 0) is 25.2 Å². The van der Waals surface area contributed by atoms with E-state index in [0.29, 0.717) is 18.1 Å². The third-order valence-corrected chi connectivity index (χ3v) is 4.14. The Labute approximate surface area is 92.6 Å². The summed E-state index contributed by atoms with van der Waals surface area (Å²) in [6.07, 6.45) is 11.3. The van der Waals surface area contributed by atoms with Crippen molar-refractivity contribution < 1.29 is 4.79 Å². The van der Waals surface area contributed by atoms with Gasteiger partial charge in [-0.1, -0.05) is 32.1 Å². The van der Waals surface area contributed by atoms with Crippen LogP contribution < -0.4 is 5.73 Å². The molecule has 0 saturated heterocycles. The van der Waals surface area contributed by atoms with Gasteiger partial charge >= 0.3 is 0 Å². The number of ketones is 1. The Balaban J connectivity index is 1.71. The van der Waals surface area contributed by atoms with E-state index < -0.39 is 0 Å². The summed E-state index contributed by atoms with van der Waals surface area (Å²) in [7, 11) is 0. The van der Waals surface area contributed by atoms with E-state index in [1.54, 1.807) is 0 Å². The van der Waals surface area contributed by atoms with Crippen molar-refractivity contribution in [3.63, 3.8) is 0 Å². The zero-order valence-corrected chi connectivity index (χ0v) is 9.63. The van der Waals surface area contributed by atoms with E-state index in [0.717, 1.165) is 19.3 Å². The number of hydrogen-bond acceptors (Lipinski definition) is 2. The fourth-order valence-corrected chi connectivity index (χ4v) is 2.99. The highest BCUT2D eigenvalue weighted by molar-refractivity contribution is 5.80. The summed E-state index contributed by atoms with van der Waals surface area (Å²) in [5, 5.41) is 0. The molecule has 0 heterocycles. The summed E-state index contributed by atoms with van der Waals surface area (Å²) in [5.41, 5.74) is 5.98. The first kappa shape index (κ1) is 11.1. The van der Waals surface area contributed by atoms with Crippen molar-refractivity contribution in [2.45, 2.75) is 69.7 Å². The predicted octanol–water partition coefficient (Wildman–Crippen LogP) is 2.80. The van der Waals surface area contributed by atoms with Crippen LogP contribution in [0.5, 0.6) is 0 Å². The third-order valence-electron chi connectivity index (χ3n) is 4.14. The molecule has 0 radical (unpaired) electrons. The molecule has 86 valence electrons. The van der Waals surface area contributed by atoms with Crippen LogP contribution in [0.2, 0.25) is 0 Å². The zero-order chi connectivity index (χ0) is 10.7. The summed E-state index contributed by atoms with van der Waals surface area (Å²) >= 11 is 0. The molecule has 0 amide bonds. The first-order chi connectivity index (χ1) is 7.18. The largest absolute Gasteiger partial charge is 0.325 e. The third kappa shape index (κ3) is 3.04. The number of nitrogens with two attached hydrogens (primary N) is 1. The summed E-state index contributed by atoms with van der Waals surface area (Å²) < 4.78 is 0. The Bertz CT molecular complexity index is 227. The fraction of sp³-hybridized carbons (Fsp3) is 0.923. The van der Waals surface area contributed by atoms with Gasteiger partial charge in [-0.25, -0.2) is 0 Å². The van der Waals surface area contributed by atoms with E-state index in [1.165, 1.54) is 38.5 Å². The van der Waals surface area contributed by atoms with Crippen molar-refractivity contribution >= 4 is 5.78 Å². The van der Waals surface area contributed by atoms with Gasteiger partial charge in [0, 0.05) is 18.4 Å². The van der Waals surface area contributed by atoms with Gasteiger partial charge in [0.15, 0.2) is 0 Å². The van der Waals surface area contributed by atoms with Crippen LogP contribution in [0, 0.1) is 5.92 Å². The Morgan fingerprint density at radius 2 is 1.80 bits per heavy atom. The molecule has 2 aliphatic rings. The van der Waals surface area contributed by atoms with Crippen LogP contribution in [-0.4, -0.2) is 11.3 Å². The molecule has 2 saturated carbocycles. The minimum atomic E-state index is -0.105. The Morgan fingerprint density at radius 1 is 1.13 bits per heavy atom. The lowest BCUT2D eigenvalue weighted by molar-refractivity contribution is -0.122. The highest BCUT2D eigenvalue weighted by Gasteiger charge is 2.34. The molecule has 2 N–H and O–H groups in total. The quantitative estimate of drug-likeness (QED) is 0.773. The van der Waals surface area contributed by atoms with Gasteiger partial charge in [-0.15, -0.1) is 0 Å². The van der Waals surface area contributed by atoms with Crippen molar-refractivity contribution in [1.29, 1.82) is 0 Å². The lowest BCUT2D eigenvalue weighted by atomic mass is 9.73. The molecule has 2 nitrogen and oxygen atoms in total. The minimum Gasteiger partial charge on any atom is -0.325 e. The number of carbonyl (C=O) groups excluding carboxylic acids is 1. The predicted molar refractivity (Wildman–Crippen MR) is 61.6 cm³/mol. The van der Waals surface area contributed by atoms with Gasteiger partial charge in [0.05, 0.1) is 0 Å². The van der Waals surface area contributed by atoms with Crippen LogP contribution in [0.3, 0.4) is 0 Å². The fourth-order valence-electron chi connectivity index (χ4n) is 2.99. The van der Waals surface area contributed by atoms with E-state index >= 15 is 0 Å². The second kappa shape index (κ2) is 4.65. The average molecular weight is 209 g/mol. The van der Waals surface area contributed by atoms with Gasteiger partial charge in [-0.2, -0.15) is 0 Å². The van der Waals surface area contributed by atoms with E-state index in [-0.39, 0.29) is 5.54 Å². The SMILES string of the molecule is NC1(CC(=O)CC2CCCCC2)CCC1. The van der Waals surface area contributed by atoms with Crippen LogP contribution in [0.25, 0.3) is 0 Å². The monoisotopic (exact) mass is 209 g/mol. The standard InChI is InChI=1S/C13H23NO/c14-13(7-4-8-13)10-12(15)9-11-5-2-1-3-6-11/h11H,1-10,14H2. The number of rotatable bonds is 4. The molecular formula is C13H23NO. The zero-order valence-electron chi connectivity index (χ0n) is 9.63. The molecule has 0 aromatic carbocycles. The van der Waals surface area contributed by atoms with Crippen LogP contribution in [0.15, 0.2) is 0 Å². The van der Waals surface area contributed by atoms with E-state index in [1.807, 2.05) is 0 Å². The smallest absolute Gasteiger partial charge is 0.135 e. The Morgan fingerprint density at radius 3 is 2.33 bits per heavy atom. The normalized spacial score (nSPS) is 25.9. The van der Waals surface area contributed by atoms with Crippen LogP contribution >= 0.6 is 0 Å². The summed E-state index contributed by atoms with van der Waals surface area (Å²) in [6.45, 7) is 0. The molecule has 2 aliphatic carbocycles. The Hall–Kier alpha value is -0.370. The van der Waals surface area contributed by atoms with Gasteiger partial charge in [-0.3, -0.25) is 4.79 Å². The Kier molecular flexibility index (Phi) is 3.45. The molecular weight excluding hydrogens is 186 g/mol. The maximum Gasteiger partial charge on any atom is 0.135 e. The topological polar surface area (TPSA) is 43.1 Å². The molecule has 0 unspecified atom stereocenters. The number of Topliss-reactive ketones (excluding diaryl/α,β-unsaturated/α-hetero) is 1. The molecule has 0 aromatic heterocycles. The molecule has 0 bridgehead atoms. The van der Waals surface area contributed by atoms with Crippen molar-refractivity contribution in [2.75, 3.05) is 0 Å². The van der Waals surface area contributed by atoms with Gasteiger partial charge in [0.1, 0.15) is 5.78 Å². The second-order valence-corrected chi connectivity index (χ2v) is 5.64. The van der Waals surface area contributed by atoms with Crippen molar-refractivity contribution in [2.24, 2.45) is 11.7 Å². The summed E-state index contributed by atoms with van der Waals surface area (Å²) in [4.78, 5) is 11.8. The molecule has 0 atom stereocenters. The maximum absolute atomic E-state index is 11.8. The van der Waals surface area contributed by atoms with Crippen LogP contribution in [0.1, 0.15) is 64.2 Å². The number of carbonyl (C=O) groups is 1. The van der Waals surface area contributed by atoms with Crippen LogP contribution in [0.4, 0.5) is 0 Å². The lowest BCUT2D eigenvalue weighted by Crippen LogP contribution is -2.48. The van der Waals surface area contributed by atoms with E-state index in [2.05, 4.69) is 0 Å².